The predicted molar refractivity (Wildman–Crippen MR) is 206 cm³/mol. The van der Waals surface area contributed by atoms with E-state index in [9.17, 15) is 28.8 Å². The van der Waals surface area contributed by atoms with Crippen LogP contribution in [0.25, 0.3) is 0 Å². The monoisotopic (exact) mass is 755 g/mol. The summed E-state index contributed by atoms with van der Waals surface area (Å²) in [6, 6.07) is 14.5. The Morgan fingerprint density at radius 3 is 1.91 bits per heavy atom. The van der Waals surface area contributed by atoms with E-state index in [0.717, 1.165) is 11.1 Å². The van der Waals surface area contributed by atoms with Crippen molar-refractivity contribution in [1.82, 2.24) is 26.6 Å². The molecular weight excluding hydrogens is 699 g/mol. The van der Waals surface area contributed by atoms with Crippen molar-refractivity contribution < 1.29 is 38.2 Å². The highest BCUT2D eigenvalue weighted by Crippen LogP contribution is 2.14. The fourth-order valence-corrected chi connectivity index (χ4v) is 5.72. The van der Waals surface area contributed by atoms with Gasteiger partial charge in [0.2, 0.25) is 24.1 Å². The Hall–Kier alpha value is -4.59. The van der Waals surface area contributed by atoms with Crippen LogP contribution in [-0.2, 0) is 46.5 Å². The first kappa shape index (κ1) is 44.6. The van der Waals surface area contributed by atoms with Crippen molar-refractivity contribution in [3.8, 4) is 0 Å². The average Bonchev–Trinajstić information content (AvgIpc) is 3.11. The predicted octanol–water partition coefficient (Wildman–Crippen LogP) is 4.04. The second-order valence-corrected chi connectivity index (χ2v) is 15.1. The van der Waals surface area contributed by atoms with E-state index in [0.29, 0.717) is 38.0 Å². The molecule has 0 aromatic heterocycles. The first-order valence-electron chi connectivity index (χ1n) is 18.0. The molecule has 0 aliphatic carbocycles. The van der Waals surface area contributed by atoms with E-state index in [2.05, 4.69) is 26.6 Å². The largest absolute Gasteiger partial charge is 0.458 e. The Morgan fingerprint density at radius 1 is 0.755 bits per heavy atom. The fourth-order valence-electron chi connectivity index (χ4n) is 5.25. The summed E-state index contributed by atoms with van der Waals surface area (Å²) in [7, 11) is 0. The van der Waals surface area contributed by atoms with E-state index in [1.165, 1.54) is 11.8 Å². The van der Waals surface area contributed by atoms with Gasteiger partial charge >= 0.3 is 12.1 Å². The third kappa shape index (κ3) is 18.6. The van der Waals surface area contributed by atoms with Crippen LogP contribution in [0.5, 0.6) is 0 Å². The summed E-state index contributed by atoms with van der Waals surface area (Å²) < 4.78 is 10.9. The molecule has 53 heavy (non-hydrogen) atoms. The van der Waals surface area contributed by atoms with Crippen molar-refractivity contribution in [2.45, 2.75) is 110 Å². The van der Waals surface area contributed by atoms with Crippen LogP contribution >= 0.6 is 11.8 Å². The van der Waals surface area contributed by atoms with Crippen molar-refractivity contribution in [1.29, 1.82) is 0 Å². The number of hydrogen-bond donors (Lipinski definition) is 5. The highest BCUT2D eigenvalue weighted by Gasteiger charge is 2.32. The summed E-state index contributed by atoms with van der Waals surface area (Å²) in [6.45, 7) is 9.43. The van der Waals surface area contributed by atoms with E-state index >= 15 is 0 Å². The minimum atomic E-state index is -1.11. The molecule has 0 bridgehead atoms. The molecule has 4 unspecified atom stereocenters. The van der Waals surface area contributed by atoms with Crippen LogP contribution in [-0.4, -0.2) is 84.5 Å². The topological polar surface area (TPSA) is 181 Å². The number of ether oxygens (including phenoxy) is 2. The standard InChI is InChI=1S/C39H57N5O8S/c1-27(2)23-32(43-34(46)30(41-26-45)20-22-53-6)35(47)44-33(24-28-15-9-7-10-16-28)36(48)42-31(37(49)52-39(3,4)5)19-13-14-21-40-38(50)51-25-29-17-11-8-12-18-29/h7-12,15-18,26-27,30-33H,13-14,19-25H2,1-6H3,(H,40,50)(H,41,45)(H,42,48)(H,43,46)(H,44,47). The number of unbranched alkanes of at least 4 members (excludes halogenated alkanes) is 1. The SMILES string of the molecule is CSCCC(NC=O)C(=O)NC(CC(C)C)C(=O)NC(Cc1ccccc1)C(=O)NC(CCCCNC(=O)OCc1ccccc1)C(=O)OC(C)(C)C. The van der Waals surface area contributed by atoms with Crippen molar-refractivity contribution in [2.75, 3.05) is 18.6 Å². The number of carbonyl (C=O) groups is 6. The maximum Gasteiger partial charge on any atom is 0.407 e. The van der Waals surface area contributed by atoms with Crippen LogP contribution in [0.3, 0.4) is 0 Å². The van der Waals surface area contributed by atoms with Gasteiger partial charge in [-0.05, 0) is 81.9 Å². The van der Waals surface area contributed by atoms with Crippen LogP contribution in [0.1, 0.15) is 77.8 Å². The van der Waals surface area contributed by atoms with Gasteiger partial charge in [-0.25, -0.2) is 9.59 Å². The molecule has 13 nitrogen and oxygen atoms in total. The quantitative estimate of drug-likeness (QED) is 0.0636. The van der Waals surface area contributed by atoms with Gasteiger partial charge in [-0.3, -0.25) is 19.2 Å². The number of alkyl carbamates (subject to hydrolysis) is 1. The van der Waals surface area contributed by atoms with Gasteiger partial charge in [0, 0.05) is 13.0 Å². The molecule has 0 heterocycles. The Morgan fingerprint density at radius 2 is 1.32 bits per heavy atom. The smallest absolute Gasteiger partial charge is 0.407 e. The molecule has 5 amide bonds. The average molecular weight is 756 g/mol. The summed E-state index contributed by atoms with van der Waals surface area (Å²) in [4.78, 5) is 77.7. The molecule has 14 heteroatoms. The zero-order valence-electron chi connectivity index (χ0n) is 31.8. The van der Waals surface area contributed by atoms with E-state index in [-0.39, 0.29) is 31.8 Å². The van der Waals surface area contributed by atoms with Gasteiger partial charge in [0.1, 0.15) is 36.4 Å². The molecule has 0 spiro atoms. The van der Waals surface area contributed by atoms with Gasteiger partial charge in [-0.2, -0.15) is 11.8 Å². The van der Waals surface area contributed by atoms with Crippen molar-refractivity contribution in [2.24, 2.45) is 5.92 Å². The first-order valence-corrected chi connectivity index (χ1v) is 19.4. The summed E-state index contributed by atoms with van der Waals surface area (Å²) in [6.07, 6.45) is 3.71. The zero-order valence-corrected chi connectivity index (χ0v) is 32.6. The number of thioether (sulfide) groups is 1. The molecular formula is C39H57N5O8S. The summed E-state index contributed by atoms with van der Waals surface area (Å²) >= 11 is 1.53. The maximum atomic E-state index is 14.0. The van der Waals surface area contributed by atoms with Gasteiger partial charge < -0.3 is 36.1 Å². The van der Waals surface area contributed by atoms with E-state index < -0.39 is 59.6 Å². The van der Waals surface area contributed by atoms with Gasteiger partial charge in [0.05, 0.1) is 0 Å². The lowest BCUT2D eigenvalue weighted by Gasteiger charge is -2.28. The lowest BCUT2D eigenvalue weighted by atomic mass is 10.00. The number of benzene rings is 2. The minimum absolute atomic E-state index is 0.00730. The molecule has 5 N–H and O–H groups in total. The summed E-state index contributed by atoms with van der Waals surface area (Å²) in [5, 5.41) is 13.6. The molecule has 2 aromatic carbocycles. The highest BCUT2D eigenvalue weighted by atomic mass is 32.2. The first-order chi connectivity index (χ1) is 25.2. The van der Waals surface area contributed by atoms with Gasteiger partial charge in [-0.1, -0.05) is 74.5 Å². The third-order valence-electron chi connectivity index (χ3n) is 7.86. The second-order valence-electron chi connectivity index (χ2n) is 14.1. The van der Waals surface area contributed by atoms with E-state index in [4.69, 9.17) is 9.47 Å². The summed E-state index contributed by atoms with van der Waals surface area (Å²) in [5.74, 6) is -1.68. The van der Waals surface area contributed by atoms with E-state index in [1.54, 1.807) is 20.8 Å². The molecule has 0 radical (unpaired) electrons. The van der Waals surface area contributed by atoms with Gasteiger partial charge in [0.25, 0.3) is 0 Å². The molecule has 0 aliphatic rings. The van der Waals surface area contributed by atoms with Crippen LogP contribution in [0.4, 0.5) is 4.79 Å². The molecule has 0 aliphatic heterocycles. The lowest BCUT2D eigenvalue weighted by molar-refractivity contribution is -0.159. The zero-order chi connectivity index (χ0) is 39.2. The number of hydrogen-bond acceptors (Lipinski definition) is 9. The Kier molecular flexibility index (Phi) is 20.1. The lowest BCUT2D eigenvalue weighted by Crippen LogP contribution is -2.58. The van der Waals surface area contributed by atoms with Crippen LogP contribution in [0.2, 0.25) is 0 Å². The van der Waals surface area contributed by atoms with Crippen LogP contribution < -0.4 is 26.6 Å². The second kappa shape index (κ2) is 23.9. The number of esters is 1. The molecule has 2 rings (SSSR count). The molecule has 4 atom stereocenters. The van der Waals surface area contributed by atoms with Crippen LogP contribution in [0.15, 0.2) is 60.7 Å². The Labute approximate surface area is 317 Å². The number of rotatable bonds is 23. The number of carbonyl (C=O) groups excluding carboxylic acids is 6. The van der Waals surface area contributed by atoms with Crippen molar-refractivity contribution >= 4 is 48.0 Å². The third-order valence-corrected chi connectivity index (χ3v) is 8.51. The Bertz CT molecular complexity index is 1440. The molecule has 2 aromatic rings. The van der Waals surface area contributed by atoms with Crippen molar-refractivity contribution in [3.63, 3.8) is 0 Å². The number of amides is 5. The fraction of sp³-hybridized carbons (Fsp3) is 0.538. The maximum absolute atomic E-state index is 14.0. The molecule has 292 valence electrons. The molecule has 0 saturated carbocycles. The highest BCUT2D eigenvalue weighted by molar-refractivity contribution is 7.98. The normalized spacial score (nSPS) is 13.4. The number of nitrogens with one attached hydrogen (secondary N) is 5. The van der Waals surface area contributed by atoms with E-state index in [1.807, 2.05) is 80.8 Å². The Balaban J connectivity index is 2.17. The minimum Gasteiger partial charge on any atom is -0.458 e. The van der Waals surface area contributed by atoms with Crippen LogP contribution in [0, 0.1) is 5.92 Å². The summed E-state index contributed by atoms with van der Waals surface area (Å²) in [5.41, 5.74) is 0.808. The van der Waals surface area contributed by atoms with Gasteiger partial charge in [0.15, 0.2) is 0 Å². The molecule has 0 fully saturated rings. The molecule has 0 saturated heterocycles. The van der Waals surface area contributed by atoms with Gasteiger partial charge in [-0.15, -0.1) is 0 Å². The van der Waals surface area contributed by atoms with Crippen molar-refractivity contribution in [3.05, 3.63) is 71.8 Å².